The Bertz CT molecular complexity index is 2700. The molecule has 0 spiro atoms. The van der Waals surface area contributed by atoms with Gasteiger partial charge in [0.2, 0.25) is 21.7 Å². The molecular formula is C51H72F4N12O8S. The van der Waals surface area contributed by atoms with Gasteiger partial charge < -0.3 is 28.7 Å². The van der Waals surface area contributed by atoms with Crippen molar-refractivity contribution in [3.8, 4) is 5.95 Å². The van der Waals surface area contributed by atoms with E-state index < -0.39 is 62.3 Å². The molecule has 6 aliphatic rings. The first kappa shape index (κ1) is 56.5. The smallest absolute Gasteiger partial charge is 0.416 e. The molecule has 0 unspecified atom stereocenters. The number of anilines is 4. The molecule has 10 rings (SSSR count). The standard InChI is InChI=1S/C25H34F2N6O3.C20H30F2N4O5S.C6H8N2/c1-24(2,3)36-23(34)33(18-6-9-25(26,27)10-7-18)21-16-20(31-12-14-35-15-13-31)28-22(29-21)32-11-8-19(30-32)17-4-5-17;1-19(2,3)31-18(27)26(14-5-7-20(21,22)8-6-14)16-13-15(25-9-11-30-12-10-25)23-17(24-16)32(4,28)29;1-2-5(1)6-3-4-7-8-6/h8,11,16-18H,4-7,9-10,12-15H2,1-3H3;13-14H,5-12H2,1-4H3;3-5H,1-2H2,(H,7,8). The number of alkyl halides is 4. The van der Waals surface area contributed by atoms with Crippen molar-refractivity contribution < 1.29 is 54.5 Å². The summed E-state index contributed by atoms with van der Waals surface area (Å²) >= 11 is 0. The molecule has 4 aromatic heterocycles. The SMILES string of the molecule is CC(C)(C)OC(=O)N(c1cc(N2CCOCC2)nc(-n2ccc(C3CC3)n2)n1)C1CCC(F)(F)CC1.CC(C)(C)OC(=O)N(c1cc(N2CCOCC2)nc(S(C)(=O)=O)n1)C1CCC(F)(F)CC1.c1cc(C2CC2)[nH]n1. The Morgan fingerprint density at radius 1 is 0.671 bits per heavy atom. The van der Waals surface area contributed by atoms with Crippen LogP contribution in [0.15, 0.2) is 41.8 Å². The van der Waals surface area contributed by atoms with Crippen LogP contribution in [-0.2, 0) is 28.8 Å². The molecule has 6 heterocycles. The van der Waals surface area contributed by atoms with Gasteiger partial charge in [0.15, 0.2) is 0 Å². The van der Waals surface area contributed by atoms with E-state index in [1.165, 1.54) is 34.4 Å². The third kappa shape index (κ3) is 15.7. The van der Waals surface area contributed by atoms with Crippen LogP contribution in [0.5, 0.6) is 0 Å². The number of sulfone groups is 1. The predicted molar refractivity (Wildman–Crippen MR) is 275 cm³/mol. The molecule has 0 bridgehead atoms. The number of hydrogen-bond acceptors (Lipinski definition) is 16. The third-order valence-electron chi connectivity index (χ3n) is 13.5. The predicted octanol–water partition coefficient (Wildman–Crippen LogP) is 9.02. The van der Waals surface area contributed by atoms with Gasteiger partial charge >= 0.3 is 12.2 Å². The van der Waals surface area contributed by atoms with E-state index in [9.17, 15) is 35.6 Å². The maximum atomic E-state index is 14.0. The van der Waals surface area contributed by atoms with Gasteiger partial charge in [-0.1, -0.05) is 0 Å². The topological polar surface area (TPSA) is 216 Å². The molecule has 2 saturated heterocycles. The maximum Gasteiger partial charge on any atom is 0.416 e. The number of nitrogens with one attached hydrogen (secondary N) is 1. The van der Waals surface area contributed by atoms with Crippen LogP contribution in [0, 0.1) is 0 Å². The summed E-state index contributed by atoms with van der Waals surface area (Å²) in [6.45, 7) is 14.7. The average molecular weight is 1090 g/mol. The Labute approximate surface area is 441 Å². The zero-order valence-electron chi connectivity index (χ0n) is 44.5. The second kappa shape index (κ2) is 23.1. The van der Waals surface area contributed by atoms with E-state index in [0.29, 0.717) is 81.9 Å². The fourth-order valence-electron chi connectivity index (χ4n) is 9.22. The minimum atomic E-state index is -3.81. The Balaban J connectivity index is 0.000000176. The molecule has 2 amide bonds. The lowest BCUT2D eigenvalue weighted by atomic mass is 9.91. The summed E-state index contributed by atoms with van der Waals surface area (Å²) in [5.74, 6) is -2.59. The first-order valence-corrected chi connectivity index (χ1v) is 28.2. The number of carbonyl (C=O) groups is 2. The number of morpholine rings is 2. The second-order valence-corrected chi connectivity index (χ2v) is 24.3. The fourth-order valence-corrected chi connectivity index (χ4v) is 9.74. The highest BCUT2D eigenvalue weighted by Gasteiger charge is 2.43. The lowest BCUT2D eigenvalue weighted by molar-refractivity contribution is -0.0392. The summed E-state index contributed by atoms with van der Waals surface area (Å²) in [6, 6.07) is 6.21. The van der Waals surface area contributed by atoms with Crippen LogP contribution >= 0.6 is 0 Å². The molecule has 76 heavy (non-hydrogen) atoms. The molecule has 1 N–H and O–H groups in total. The first-order valence-electron chi connectivity index (χ1n) is 26.3. The van der Waals surface area contributed by atoms with Crippen LogP contribution in [0.2, 0.25) is 0 Å². The number of halogens is 4. The maximum absolute atomic E-state index is 14.0. The van der Waals surface area contributed by atoms with Crippen LogP contribution in [-0.4, -0.2) is 155 Å². The van der Waals surface area contributed by atoms with Gasteiger partial charge in [0.1, 0.15) is 34.5 Å². The van der Waals surface area contributed by atoms with Gasteiger partial charge in [0.05, 0.1) is 32.1 Å². The molecule has 4 aromatic rings. The number of nitrogens with zero attached hydrogens (tertiary/aromatic N) is 11. The summed E-state index contributed by atoms with van der Waals surface area (Å²) in [7, 11) is -3.81. The van der Waals surface area contributed by atoms with E-state index in [2.05, 4.69) is 36.2 Å². The highest BCUT2D eigenvalue weighted by Crippen LogP contribution is 2.41. The molecule has 4 aliphatic carbocycles. The van der Waals surface area contributed by atoms with Gasteiger partial charge in [-0.15, -0.1) is 0 Å². The van der Waals surface area contributed by atoms with Crippen molar-refractivity contribution in [1.29, 1.82) is 0 Å². The minimum Gasteiger partial charge on any atom is -0.443 e. The van der Waals surface area contributed by atoms with Crippen LogP contribution in [0.3, 0.4) is 0 Å². The molecule has 0 aromatic carbocycles. The highest BCUT2D eigenvalue weighted by atomic mass is 32.2. The molecule has 0 atom stereocenters. The molecule has 0 radical (unpaired) electrons. The second-order valence-electron chi connectivity index (χ2n) is 22.3. The average Bonchev–Trinajstić information content (AvgIpc) is 4.28. The van der Waals surface area contributed by atoms with Crippen LogP contribution < -0.4 is 19.6 Å². The van der Waals surface area contributed by atoms with Crippen molar-refractivity contribution >= 4 is 45.3 Å². The Morgan fingerprint density at radius 2 is 1.13 bits per heavy atom. The lowest BCUT2D eigenvalue weighted by Gasteiger charge is -2.37. The van der Waals surface area contributed by atoms with E-state index >= 15 is 0 Å². The van der Waals surface area contributed by atoms with E-state index in [1.54, 1.807) is 52.3 Å². The van der Waals surface area contributed by atoms with Crippen molar-refractivity contribution in [3.63, 3.8) is 0 Å². The molecule has 418 valence electrons. The lowest BCUT2D eigenvalue weighted by Crippen LogP contribution is -2.47. The minimum absolute atomic E-state index is 0.0198. The molecule has 4 saturated carbocycles. The van der Waals surface area contributed by atoms with Crippen LogP contribution in [0.1, 0.15) is 142 Å². The number of amides is 2. The monoisotopic (exact) mass is 1090 g/mol. The molecule has 6 fully saturated rings. The van der Waals surface area contributed by atoms with Gasteiger partial charge in [-0.3, -0.25) is 14.9 Å². The van der Waals surface area contributed by atoms with E-state index in [-0.39, 0.29) is 57.2 Å². The normalized spacial score (nSPS) is 20.4. The zero-order chi connectivity index (χ0) is 54.6. The van der Waals surface area contributed by atoms with Crippen molar-refractivity contribution in [1.82, 2.24) is 39.9 Å². The molecular weight excluding hydrogens is 1020 g/mol. The zero-order valence-corrected chi connectivity index (χ0v) is 45.3. The quantitative estimate of drug-likeness (QED) is 0.116. The van der Waals surface area contributed by atoms with Crippen LogP contribution in [0.4, 0.5) is 50.4 Å². The number of aromatic nitrogens is 8. The molecule has 20 nitrogen and oxygen atoms in total. The summed E-state index contributed by atoms with van der Waals surface area (Å²) < 4.78 is 104. The van der Waals surface area contributed by atoms with Crippen molar-refractivity contribution in [2.24, 2.45) is 0 Å². The van der Waals surface area contributed by atoms with Gasteiger partial charge in [-0.25, -0.2) is 50.2 Å². The summed E-state index contributed by atoms with van der Waals surface area (Å²) in [4.78, 5) is 51.0. The van der Waals surface area contributed by atoms with Gasteiger partial charge in [-0.2, -0.15) is 20.2 Å². The third-order valence-corrected chi connectivity index (χ3v) is 14.3. The van der Waals surface area contributed by atoms with Crippen molar-refractivity contribution in [3.05, 3.63) is 48.0 Å². The van der Waals surface area contributed by atoms with Gasteiger partial charge in [-0.05, 0) is 105 Å². The van der Waals surface area contributed by atoms with E-state index in [1.807, 2.05) is 23.4 Å². The first-order chi connectivity index (χ1) is 35.8. The van der Waals surface area contributed by atoms with Gasteiger partial charge in [0, 0.05) is 112 Å². The summed E-state index contributed by atoms with van der Waals surface area (Å²) in [6.07, 6.45) is 7.27. The van der Waals surface area contributed by atoms with Crippen LogP contribution in [0.25, 0.3) is 5.95 Å². The number of aromatic amines is 1. The molecule has 2 aliphatic heterocycles. The number of ether oxygens (including phenoxy) is 4. The fraction of sp³-hybridized carbons (Fsp3) is 0.686. The van der Waals surface area contributed by atoms with Gasteiger partial charge in [0.25, 0.3) is 11.1 Å². The largest absolute Gasteiger partial charge is 0.443 e. The Kier molecular flexibility index (Phi) is 17.2. The Hall–Kier alpha value is -5.69. The summed E-state index contributed by atoms with van der Waals surface area (Å²) in [5, 5.41) is 11.0. The van der Waals surface area contributed by atoms with Crippen molar-refractivity contribution in [2.45, 2.75) is 171 Å². The van der Waals surface area contributed by atoms with E-state index in [0.717, 1.165) is 30.7 Å². The summed E-state index contributed by atoms with van der Waals surface area (Å²) in [5.41, 5.74) is 0.714. The van der Waals surface area contributed by atoms with E-state index in [4.69, 9.17) is 28.9 Å². The number of carbonyl (C=O) groups excluding carboxylic acids is 2. The highest BCUT2D eigenvalue weighted by molar-refractivity contribution is 7.90. The number of hydrogen-bond donors (Lipinski definition) is 1. The number of rotatable bonds is 10. The van der Waals surface area contributed by atoms with Crippen molar-refractivity contribution in [2.75, 3.05) is 78.5 Å². The number of H-pyrrole nitrogens is 1. The molecule has 25 heteroatoms. The Morgan fingerprint density at radius 3 is 1.55 bits per heavy atom.